The van der Waals surface area contributed by atoms with Gasteiger partial charge in [0.2, 0.25) is 0 Å². The van der Waals surface area contributed by atoms with Crippen LogP contribution in [0, 0.1) is 6.92 Å². The molecule has 0 radical (unpaired) electrons. The van der Waals surface area contributed by atoms with E-state index in [-0.39, 0.29) is 5.56 Å². The molecule has 27 heavy (non-hydrogen) atoms. The molecule has 5 heteroatoms. The number of thiophene rings is 1. The van der Waals surface area contributed by atoms with Crippen LogP contribution in [0.1, 0.15) is 46.3 Å². The Morgan fingerprint density at radius 2 is 2.00 bits per heavy atom. The minimum Gasteiger partial charge on any atom is -0.310 e. The summed E-state index contributed by atoms with van der Waals surface area (Å²) in [5.41, 5.74) is 4.50. The SMILES string of the molecule is Cc1ccc(-c2ccc(CN3CCc4nc(C5CC5)[nH]c(=O)c4C3)s2)cc1. The molecule has 3 aromatic rings. The molecule has 0 saturated heterocycles. The van der Waals surface area contributed by atoms with Gasteiger partial charge in [-0.15, -0.1) is 11.3 Å². The topological polar surface area (TPSA) is 49.0 Å². The Hall–Kier alpha value is -2.24. The lowest BCUT2D eigenvalue weighted by Crippen LogP contribution is -2.35. The number of aryl methyl sites for hydroxylation is 1. The van der Waals surface area contributed by atoms with Gasteiger partial charge in [0.05, 0.1) is 11.3 Å². The summed E-state index contributed by atoms with van der Waals surface area (Å²) in [6.07, 6.45) is 3.19. The first-order valence-electron chi connectivity index (χ1n) is 9.66. The van der Waals surface area contributed by atoms with E-state index >= 15 is 0 Å². The molecule has 0 spiro atoms. The van der Waals surface area contributed by atoms with Crippen molar-refractivity contribution in [1.82, 2.24) is 14.9 Å². The van der Waals surface area contributed by atoms with E-state index in [0.717, 1.165) is 49.4 Å². The maximum absolute atomic E-state index is 12.5. The van der Waals surface area contributed by atoms with Gasteiger partial charge in [-0.1, -0.05) is 29.8 Å². The third kappa shape index (κ3) is 3.49. The van der Waals surface area contributed by atoms with E-state index in [2.05, 4.69) is 53.2 Å². The zero-order valence-corrected chi connectivity index (χ0v) is 16.3. The standard InChI is InChI=1S/C22H23N3OS/c1-14-2-4-15(5-3-14)20-9-8-17(27-20)12-25-11-10-19-18(13-25)22(26)24-21(23-19)16-6-7-16/h2-5,8-9,16H,6-7,10-13H2,1H3,(H,23,24,26). The summed E-state index contributed by atoms with van der Waals surface area (Å²) in [4.78, 5) is 25.3. The van der Waals surface area contributed by atoms with Crippen LogP contribution >= 0.6 is 11.3 Å². The third-order valence-electron chi connectivity index (χ3n) is 5.51. The number of benzene rings is 1. The molecule has 138 valence electrons. The summed E-state index contributed by atoms with van der Waals surface area (Å²) in [6.45, 7) is 4.66. The predicted molar refractivity (Wildman–Crippen MR) is 109 cm³/mol. The summed E-state index contributed by atoms with van der Waals surface area (Å²) >= 11 is 1.84. The van der Waals surface area contributed by atoms with E-state index in [1.165, 1.54) is 20.9 Å². The predicted octanol–water partition coefficient (Wildman–Crippen LogP) is 4.24. The zero-order chi connectivity index (χ0) is 18.4. The number of aromatic nitrogens is 2. The highest BCUT2D eigenvalue weighted by Gasteiger charge is 2.29. The molecule has 5 rings (SSSR count). The van der Waals surface area contributed by atoms with Gasteiger partial charge >= 0.3 is 0 Å². The van der Waals surface area contributed by atoms with Crippen molar-refractivity contribution in [3.8, 4) is 10.4 Å². The van der Waals surface area contributed by atoms with Gasteiger partial charge in [0.25, 0.3) is 5.56 Å². The van der Waals surface area contributed by atoms with Gasteiger partial charge in [-0.3, -0.25) is 9.69 Å². The van der Waals surface area contributed by atoms with Gasteiger partial charge in [0.15, 0.2) is 0 Å². The first kappa shape index (κ1) is 16.9. The molecule has 1 aliphatic heterocycles. The van der Waals surface area contributed by atoms with Crippen molar-refractivity contribution in [3.63, 3.8) is 0 Å². The van der Waals surface area contributed by atoms with Crippen molar-refractivity contribution < 1.29 is 0 Å². The Labute approximate surface area is 162 Å². The zero-order valence-electron chi connectivity index (χ0n) is 15.5. The molecule has 0 bridgehead atoms. The Morgan fingerprint density at radius 1 is 1.19 bits per heavy atom. The van der Waals surface area contributed by atoms with Crippen LogP contribution < -0.4 is 5.56 Å². The normalized spacial score (nSPS) is 17.1. The molecule has 2 aromatic heterocycles. The van der Waals surface area contributed by atoms with Gasteiger partial charge < -0.3 is 4.98 Å². The molecular weight excluding hydrogens is 354 g/mol. The molecular formula is C22H23N3OS. The van der Waals surface area contributed by atoms with Crippen molar-refractivity contribution in [3.05, 3.63) is 74.3 Å². The maximum Gasteiger partial charge on any atom is 0.255 e. The molecule has 3 heterocycles. The Balaban J connectivity index is 1.31. The average molecular weight is 378 g/mol. The number of hydrogen-bond acceptors (Lipinski definition) is 4. The minimum atomic E-state index is 0.0677. The van der Waals surface area contributed by atoms with E-state index < -0.39 is 0 Å². The quantitative estimate of drug-likeness (QED) is 0.740. The van der Waals surface area contributed by atoms with E-state index in [0.29, 0.717) is 12.5 Å². The average Bonchev–Trinajstić information content (AvgIpc) is 3.42. The van der Waals surface area contributed by atoms with Gasteiger partial charge in [-0.25, -0.2) is 4.98 Å². The Kier molecular flexibility index (Phi) is 4.21. The number of aromatic amines is 1. The lowest BCUT2D eigenvalue weighted by molar-refractivity contribution is 0.243. The maximum atomic E-state index is 12.5. The summed E-state index contributed by atoms with van der Waals surface area (Å²) in [5.74, 6) is 1.40. The van der Waals surface area contributed by atoms with Crippen LogP contribution in [0.5, 0.6) is 0 Å². The Morgan fingerprint density at radius 3 is 2.78 bits per heavy atom. The first-order chi connectivity index (χ1) is 13.2. The molecule has 0 amide bonds. The highest BCUT2D eigenvalue weighted by atomic mass is 32.1. The number of nitrogens with one attached hydrogen (secondary N) is 1. The monoisotopic (exact) mass is 377 g/mol. The summed E-state index contributed by atoms with van der Waals surface area (Å²) in [7, 11) is 0. The number of nitrogens with zero attached hydrogens (tertiary/aromatic N) is 2. The third-order valence-corrected chi connectivity index (χ3v) is 6.63. The second-order valence-corrected chi connectivity index (χ2v) is 8.91. The molecule has 1 fully saturated rings. The van der Waals surface area contributed by atoms with Crippen LogP contribution in [0.4, 0.5) is 0 Å². The molecule has 4 nitrogen and oxygen atoms in total. The van der Waals surface area contributed by atoms with Crippen molar-refractivity contribution in [1.29, 1.82) is 0 Å². The van der Waals surface area contributed by atoms with Gasteiger partial charge in [0.1, 0.15) is 5.82 Å². The van der Waals surface area contributed by atoms with E-state index in [1.807, 2.05) is 11.3 Å². The first-order valence-corrected chi connectivity index (χ1v) is 10.5. The van der Waals surface area contributed by atoms with Gasteiger partial charge in [0, 0.05) is 41.7 Å². The molecule has 1 aliphatic carbocycles. The molecule has 2 aliphatic rings. The van der Waals surface area contributed by atoms with Crippen molar-refractivity contribution in [2.45, 2.75) is 45.2 Å². The summed E-state index contributed by atoms with van der Waals surface area (Å²) in [5, 5.41) is 0. The largest absolute Gasteiger partial charge is 0.310 e. The molecule has 1 N–H and O–H groups in total. The summed E-state index contributed by atoms with van der Waals surface area (Å²) in [6, 6.07) is 13.1. The van der Waals surface area contributed by atoms with Crippen LogP contribution in [0.2, 0.25) is 0 Å². The van der Waals surface area contributed by atoms with Crippen LogP contribution in [0.25, 0.3) is 10.4 Å². The van der Waals surface area contributed by atoms with Crippen LogP contribution in [-0.2, 0) is 19.5 Å². The molecule has 1 saturated carbocycles. The number of hydrogen-bond donors (Lipinski definition) is 1. The van der Waals surface area contributed by atoms with E-state index in [1.54, 1.807) is 0 Å². The van der Waals surface area contributed by atoms with Crippen molar-refractivity contribution in [2.75, 3.05) is 6.54 Å². The fraction of sp³-hybridized carbons (Fsp3) is 0.364. The number of fused-ring (bicyclic) bond motifs is 1. The van der Waals surface area contributed by atoms with Gasteiger partial charge in [-0.05, 0) is 37.5 Å². The molecule has 0 unspecified atom stereocenters. The van der Waals surface area contributed by atoms with Gasteiger partial charge in [-0.2, -0.15) is 0 Å². The van der Waals surface area contributed by atoms with Crippen LogP contribution in [0.3, 0.4) is 0 Å². The fourth-order valence-corrected chi connectivity index (χ4v) is 4.80. The molecule has 0 atom stereocenters. The second-order valence-electron chi connectivity index (χ2n) is 7.74. The van der Waals surface area contributed by atoms with Crippen molar-refractivity contribution in [2.24, 2.45) is 0 Å². The van der Waals surface area contributed by atoms with Crippen molar-refractivity contribution >= 4 is 11.3 Å². The lowest BCUT2D eigenvalue weighted by atomic mass is 10.1. The number of H-pyrrole nitrogens is 1. The smallest absolute Gasteiger partial charge is 0.255 e. The van der Waals surface area contributed by atoms with Crippen LogP contribution in [0.15, 0.2) is 41.2 Å². The Bertz CT molecular complexity index is 1030. The highest BCUT2D eigenvalue weighted by Crippen LogP contribution is 2.38. The highest BCUT2D eigenvalue weighted by molar-refractivity contribution is 7.15. The lowest BCUT2D eigenvalue weighted by Gasteiger charge is -2.27. The molecule has 1 aromatic carbocycles. The van der Waals surface area contributed by atoms with E-state index in [9.17, 15) is 4.79 Å². The number of rotatable bonds is 4. The second kappa shape index (κ2) is 6.73. The van der Waals surface area contributed by atoms with E-state index in [4.69, 9.17) is 4.98 Å². The van der Waals surface area contributed by atoms with Crippen LogP contribution in [-0.4, -0.2) is 21.4 Å². The fourth-order valence-electron chi connectivity index (χ4n) is 3.74. The summed E-state index contributed by atoms with van der Waals surface area (Å²) < 4.78 is 0. The minimum absolute atomic E-state index is 0.0677.